The molecule has 0 fully saturated rings. The van der Waals surface area contributed by atoms with Crippen LogP contribution in [-0.2, 0) is 13.3 Å². The van der Waals surface area contributed by atoms with Crippen molar-refractivity contribution in [3.63, 3.8) is 0 Å². The third-order valence-corrected chi connectivity index (χ3v) is 7.79. The average Bonchev–Trinajstić information content (AvgIpc) is 2.66. The van der Waals surface area contributed by atoms with Gasteiger partial charge in [-0.15, -0.1) is 0 Å². The summed E-state index contributed by atoms with van der Waals surface area (Å²) in [5.74, 6) is 0. The zero-order valence-electron chi connectivity index (χ0n) is 17.8. The van der Waals surface area contributed by atoms with Gasteiger partial charge in [-0.3, -0.25) is 0 Å². The van der Waals surface area contributed by atoms with E-state index in [0.29, 0.717) is 6.61 Å². The number of hydrogen-bond acceptors (Lipinski definition) is 3. The van der Waals surface area contributed by atoms with Crippen molar-refractivity contribution in [2.24, 2.45) is 0 Å². The summed E-state index contributed by atoms with van der Waals surface area (Å²) < 4.78 is 15.7. The Morgan fingerprint density at radius 1 is 0.538 bits per heavy atom. The van der Waals surface area contributed by atoms with Gasteiger partial charge in [0.1, 0.15) is 0 Å². The Hall–Kier alpha value is 0.387. The van der Waals surface area contributed by atoms with E-state index in [-0.39, 0.29) is 0 Å². The third-order valence-electron chi connectivity index (χ3n) is 5.01. The zero-order valence-corrected chi connectivity index (χ0v) is 19.6. The summed E-state index contributed by atoms with van der Waals surface area (Å²) in [5, 5.41) is 0. The Morgan fingerprint density at radius 2 is 0.846 bits per heavy atom. The number of hydrogen-bond donors (Lipinski definition) is 0. The Labute approximate surface area is 169 Å². The highest BCUT2D eigenvalue weighted by Crippen LogP contribution is 2.15. The minimum Gasteiger partial charge on any atom is -0.365 e. The molecular weight excluding hydrogens is 364 g/mol. The van der Waals surface area contributed by atoms with Gasteiger partial charge in [0.25, 0.3) is 0 Å². The van der Waals surface area contributed by atoms with Crippen LogP contribution in [-0.4, -0.2) is 28.9 Å². The summed E-state index contributed by atoms with van der Waals surface area (Å²) in [5.41, 5.74) is 0. The molecule has 0 spiro atoms. The first-order valence-corrected chi connectivity index (χ1v) is 13.9. The van der Waals surface area contributed by atoms with Crippen LogP contribution < -0.4 is 0 Å². The zero-order chi connectivity index (χ0) is 19.3. The van der Waals surface area contributed by atoms with E-state index >= 15 is 0 Å². The summed E-state index contributed by atoms with van der Waals surface area (Å²) in [6, 6.07) is 0. The normalized spacial score (nSPS) is 12.0. The minimum atomic E-state index is -2.84. The van der Waals surface area contributed by atoms with Crippen molar-refractivity contribution in [3.05, 3.63) is 0 Å². The quantitative estimate of drug-likeness (QED) is 0.111. The van der Waals surface area contributed by atoms with Crippen LogP contribution in [0.15, 0.2) is 0 Å². The second kappa shape index (κ2) is 20.1. The van der Waals surface area contributed by atoms with Crippen molar-refractivity contribution in [1.82, 2.24) is 0 Å². The fourth-order valence-electron chi connectivity index (χ4n) is 3.22. The molecule has 0 bridgehead atoms. The lowest BCUT2D eigenvalue weighted by Crippen LogP contribution is -2.37. The van der Waals surface area contributed by atoms with Crippen molar-refractivity contribution < 1.29 is 13.3 Å². The highest BCUT2D eigenvalue weighted by molar-refractivity contribution is 7.09. The predicted octanol–water partition coefficient (Wildman–Crippen LogP) is 7.62. The molecule has 0 heterocycles. The Morgan fingerprint density at radius 3 is 1.15 bits per heavy atom. The SMILES string of the molecule is CCCCCCCCCCCCCCCCCCCO[Si](Cl)(OC)OC. The van der Waals surface area contributed by atoms with E-state index in [1.54, 1.807) is 0 Å². The minimum absolute atomic E-state index is 0.635. The van der Waals surface area contributed by atoms with E-state index < -0.39 is 8.11 Å². The first-order chi connectivity index (χ1) is 12.7. The molecule has 0 radical (unpaired) electrons. The molecule has 0 unspecified atom stereocenters. The van der Waals surface area contributed by atoms with Gasteiger partial charge in [-0.1, -0.05) is 121 Å². The number of unbranched alkanes of at least 4 members (excludes halogenated alkanes) is 16. The molecule has 0 amide bonds. The van der Waals surface area contributed by atoms with Crippen LogP contribution in [0.1, 0.15) is 116 Å². The van der Waals surface area contributed by atoms with Gasteiger partial charge in [-0.25, -0.2) is 0 Å². The summed E-state index contributed by atoms with van der Waals surface area (Å²) in [4.78, 5) is 0. The van der Waals surface area contributed by atoms with Crippen molar-refractivity contribution in [1.29, 1.82) is 0 Å². The Kier molecular flexibility index (Phi) is 20.4. The van der Waals surface area contributed by atoms with Gasteiger partial charge in [0.05, 0.1) is 0 Å². The van der Waals surface area contributed by atoms with E-state index in [2.05, 4.69) is 6.92 Å². The molecule has 0 aromatic rings. The van der Waals surface area contributed by atoms with Crippen LogP contribution in [0.3, 0.4) is 0 Å². The van der Waals surface area contributed by atoms with Gasteiger partial charge in [0.2, 0.25) is 0 Å². The van der Waals surface area contributed by atoms with Crippen molar-refractivity contribution in [3.8, 4) is 0 Å². The highest BCUT2D eigenvalue weighted by Gasteiger charge is 2.36. The Balaban J connectivity index is 3.11. The molecule has 0 saturated heterocycles. The molecule has 0 atom stereocenters. The molecular formula is C21H45ClO3Si. The van der Waals surface area contributed by atoms with Crippen LogP contribution in [0.25, 0.3) is 0 Å². The molecule has 26 heavy (non-hydrogen) atoms. The third kappa shape index (κ3) is 17.8. The van der Waals surface area contributed by atoms with Crippen LogP contribution in [0.2, 0.25) is 0 Å². The molecule has 0 aromatic carbocycles. The second-order valence-corrected chi connectivity index (χ2v) is 10.9. The topological polar surface area (TPSA) is 27.7 Å². The summed E-state index contributed by atoms with van der Waals surface area (Å²) in [7, 11) is 0.242. The average molecular weight is 409 g/mol. The summed E-state index contributed by atoms with van der Waals surface area (Å²) in [6.07, 6.45) is 23.4. The van der Waals surface area contributed by atoms with E-state index in [0.717, 1.165) is 6.42 Å². The lowest BCUT2D eigenvalue weighted by atomic mass is 10.0. The molecule has 158 valence electrons. The summed E-state index contributed by atoms with van der Waals surface area (Å²) in [6.45, 7) is 2.92. The molecule has 0 N–H and O–H groups in total. The first-order valence-electron chi connectivity index (χ1n) is 11.1. The maximum atomic E-state index is 6.06. The standard InChI is InChI=1S/C21H45ClO3Si/c1-4-5-6-7-8-9-10-11-12-13-14-15-16-17-18-19-20-21-25-26(22,23-2)24-3/h4-21H2,1-3H3. The van der Waals surface area contributed by atoms with Crippen LogP contribution >= 0.6 is 11.1 Å². The Bertz CT molecular complexity index is 276. The molecule has 0 aliphatic carbocycles. The van der Waals surface area contributed by atoms with Gasteiger partial charge in [-0.05, 0) is 6.42 Å². The van der Waals surface area contributed by atoms with Gasteiger partial charge < -0.3 is 13.3 Å². The number of halogens is 1. The number of rotatable bonds is 21. The van der Waals surface area contributed by atoms with Crippen LogP contribution in [0, 0.1) is 0 Å². The first kappa shape index (κ1) is 26.4. The molecule has 0 aliphatic rings. The van der Waals surface area contributed by atoms with Gasteiger partial charge in [-0.2, -0.15) is 0 Å². The molecule has 5 heteroatoms. The molecule has 0 aliphatic heterocycles. The molecule has 3 nitrogen and oxygen atoms in total. The molecule has 0 rings (SSSR count). The second-order valence-electron chi connectivity index (χ2n) is 7.40. The van der Waals surface area contributed by atoms with Gasteiger partial charge >= 0.3 is 8.11 Å². The lowest BCUT2D eigenvalue weighted by molar-refractivity contribution is 0.120. The van der Waals surface area contributed by atoms with E-state index in [1.807, 2.05) is 0 Å². The maximum Gasteiger partial charge on any atom is 0.612 e. The van der Waals surface area contributed by atoms with Crippen molar-refractivity contribution >= 4 is 19.2 Å². The fraction of sp³-hybridized carbons (Fsp3) is 1.00. The van der Waals surface area contributed by atoms with Crippen molar-refractivity contribution in [2.75, 3.05) is 20.8 Å². The monoisotopic (exact) mass is 408 g/mol. The van der Waals surface area contributed by atoms with Crippen LogP contribution in [0.5, 0.6) is 0 Å². The summed E-state index contributed by atoms with van der Waals surface area (Å²) >= 11 is 6.06. The smallest absolute Gasteiger partial charge is 0.365 e. The maximum absolute atomic E-state index is 6.06. The lowest BCUT2D eigenvalue weighted by Gasteiger charge is -2.18. The van der Waals surface area contributed by atoms with E-state index in [1.165, 1.54) is 117 Å². The van der Waals surface area contributed by atoms with Crippen molar-refractivity contribution in [2.45, 2.75) is 116 Å². The largest absolute Gasteiger partial charge is 0.612 e. The fourth-order valence-corrected chi connectivity index (χ4v) is 4.24. The van der Waals surface area contributed by atoms with E-state index in [4.69, 9.17) is 24.4 Å². The van der Waals surface area contributed by atoms with Gasteiger partial charge in [0, 0.05) is 20.8 Å². The molecule has 0 saturated carbocycles. The van der Waals surface area contributed by atoms with Crippen LogP contribution in [0.4, 0.5) is 0 Å². The van der Waals surface area contributed by atoms with Gasteiger partial charge in [0.15, 0.2) is 0 Å². The highest BCUT2D eigenvalue weighted by atomic mass is 35.6. The molecule has 0 aromatic heterocycles. The predicted molar refractivity (Wildman–Crippen MR) is 116 cm³/mol. The van der Waals surface area contributed by atoms with E-state index in [9.17, 15) is 0 Å².